The molecule has 96 valence electrons. The zero-order valence-electron chi connectivity index (χ0n) is 9.47. The topological polar surface area (TPSA) is 63.4 Å². The largest absolute Gasteiger partial charge is 0.325 e. The Morgan fingerprint density at radius 2 is 2.24 bits per heavy atom. The van der Waals surface area contributed by atoms with Gasteiger partial charge in [-0.3, -0.25) is 4.90 Å². The first kappa shape index (κ1) is 13.3. The highest BCUT2D eigenvalue weighted by atomic mass is 35.5. The maximum absolute atomic E-state index is 11.5. The van der Waals surface area contributed by atoms with Crippen molar-refractivity contribution >= 4 is 32.8 Å². The Morgan fingerprint density at radius 1 is 1.53 bits per heavy atom. The van der Waals surface area contributed by atoms with Crippen LogP contribution in [0, 0.1) is 0 Å². The summed E-state index contributed by atoms with van der Waals surface area (Å²) in [5.41, 5.74) is 5.87. The summed E-state index contributed by atoms with van der Waals surface area (Å²) < 4.78 is 23.7. The summed E-state index contributed by atoms with van der Waals surface area (Å²) >= 11 is 7.37. The quantitative estimate of drug-likeness (QED) is 0.902. The van der Waals surface area contributed by atoms with E-state index in [0.717, 1.165) is 9.21 Å². The van der Waals surface area contributed by atoms with Gasteiger partial charge in [-0.1, -0.05) is 11.6 Å². The highest BCUT2D eigenvalue weighted by molar-refractivity contribution is 7.91. The first-order chi connectivity index (χ1) is 7.87. The molecule has 2 heterocycles. The lowest BCUT2D eigenvalue weighted by Gasteiger charge is -2.25. The Bertz CT molecular complexity index is 500. The van der Waals surface area contributed by atoms with Gasteiger partial charge in [-0.05, 0) is 19.2 Å². The molecule has 2 unspecified atom stereocenters. The lowest BCUT2D eigenvalue weighted by atomic mass is 10.1. The Hall–Kier alpha value is -0.140. The molecule has 2 atom stereocenters. The van der Waals surface area contributed by atoms with E-state index in [4.69, 9.17) is 17.3 Å². The van der Waals surface area contributed by atoms with Crippen molar-refractivity contribution in [3.05, 3.63) is 21.3 Å². The Morgan fingerprint density at radius 3 is 2.71 bits per heavy atom. The molecule has 0 bridgehead atoms. The summed E-state index contributed by atoms with van der Waals surface area (Å²) in [7, 11) is -1.06. The molecule has 1 aliphatic heterocycles. The van der Waals surface area contributed by atoms with E-state index in [0.29, 0.717) is 6.54 Å². The normalized spacial score (nSPS) is 27.8. The zero-order chi connectivity index (χ0) is 12.6. The molecular formula is C10H15ClN2O2S2. The van der Waals surface area contributed by atoms with Crippen LogP contribution < -0.4 is 5.73 Å². The Balaban J connectivity index is 2.03. The van der Waals surface area contributed by atoms with Crippen LogP contribution in [-0.2, 0) is 16.4 Å². The molecule has 17 heavy (non-hydrogen) atoms. The fraction of sp³-hybridized carbons (Fsp3) is 0.600. The van der Waals surface area contributed by atoms with Crippen molar-refractivity contribution < 1.29 is 8.42 Å². The number of sulfone groups is 1. The number of nitrogens with two attached hydrogens (primary N) is 1. The molecule has 1 aliphatic rings. The zero-order valence-corrected chi connectivity index (χ0v) is 11.9. The number of thiophene rings is 1. The predicted molar refractivity (Wildman–Crippen MR) is 71.2 cm³/mol. The molecule has 0 radical (unpaired) electrons. The number of halogens is 1. The lowest BCUT2D eigenvalue weighted by molar-refractivity contribution is 0.238. The SMILES string of the molecule is CN(Cc1ccc(Cl)s1)C1CS(=O)(=O)CC1N. The van der Waals surface area contributed by atoms with E-state index in [9.17, 15) is 8.42 Å². The number of likely N-dealkylation sites (N-methyl/N-ethyl adjacent to an activating group) is 1. The molecule has 2 rings (SSSR count). The first-order valence-corrected chi connectivity index (χ1v) is 8.29. The minimum absolute atomic E-state index is 0.0905. The van der Waals surface area contributed by atoms with Gasteiger partial charge in [0.25, 0.3) is 0 Å². The summed E-state index contributed by atoms with van der Waals surface area (Å²) in [4.78, 5) is 3.12. The van der Waals surface area contributed by atoms with Crippen LogP contribution in [0.1, 0.15) is 4.88 Å². The van der Waals surface area contributed by atoms with Crippen LogP contribution >= 0.6 is 22.9 Å². The molecule has 1 aromatic heterocycles. The van der Waals surface area contributed by atoms with Gasteiger partial charge in [0.15, 0.2) is 9.84 Å². The van der Waals surface area contributed by atoms with Gasteiger partial charge in [0.05, 0.1) is 15.8 Å². The molecule has 2 N–H and O–H groups in total. The maximum Gasteiger partial charge on any atom is 0.153 e. The van der Waals surface area contributed by atoms with Crippen LogP contribution in [0.15, 0.2) is 12.1 Å². The first-order valence-electron chi connectivity index (χ1n) is 5.28. The van der Waals surface area contributed by atoms with Crippen LogP contribution in [0.4, 0.5) is 0 Å². The summed E-state index contributed by atoms with van der Waals surface area (Å²) in [6.07, 6.45) is 0. The molecule has 7 heteroatoms. The van der Waals surface area contributed by atoms with Crippen molar-refractivity contribution in [2.75, 3.05) is 18.6 Å². The van der Waals surface area contributed by atoms with Gasteiger partial charge in [0.1, 0.15) is 0 Å². The molecule has 1 saturated heterocycles. The van der Waals surface area contributed by atoms with E-state index in [1.807, 2.05) is 24.1 Å². The summed E-state index contributed by atoms with van der Waals surface area (Å²) in [6.45, 7) is 0.686. The van der Waals surface area contributed by atoms with Crippen molar-refractivity contribution in [2.24, 2.45) is 5.73 Å². The fourth-order valence-electron chi connectivity index (χ4n) is 2.11. The van der Waals surface area contributed by atoms with Crippen LogP contribution in [-0.4, -0.2) is 44.0 Å². The van der Waals surface area contributed by atoms with Gasteiger partial charge in [0.2, 0.25) is 0 Å². The minimum Gasteiger partial charge on any atom is -0.325 e. The molecular weight excluding hydrogens is 280 g/mol. The number of hydrogen-bond acceptors (Lipinski definition) is 5. The second-order valence-electron chi connectivity index (χ2n) is 4.43. The van der Waals surface area contributed by atoms with Crippen LogP contribution in [0.2, 0.25) is 4.34 Å². The van der Waals surface area contributed by atoms with Crippen molar-refractivity contribution in [1.29, 1.82) is 0 Å². The van der Waals surface area contributed by atoms with Gasteiger partial charge in [0, 0.05) is 23.5 Å². The van der Waals surface area contributed by atoms with Crippen LogP contribution in [0.3, 0.4) is 0 Å². The van der Waals surface area contributed by atoms with Gasteiger partial charge < -0.3 is 5.73 Å². The van der Waals surface area contributed by atoms with E-state index in [2.05, 4.69) is 0 Å². The molecule has 0 amide bonds. The smallest absolute Gasteiger partial charge is 0.153 e. The molecule has 4 nitrogen and oxygen atoms in total. The molecule has 1 aromatic rings. The summed E-state index contributed by atoms with van der Waals surface area (Å²) in [6, 6.07) is 3.42. The van der Waals surface area contributed by atoms with E-state index < -0.39 is 9.84 Å². The minimum atomic E-state index is -2.97. The van der Waals surface area contributed by atoms with E-state index in [1.165, 1.54) is 11.3 Å². The molecule has 0 spiro atoms. The van der Waals surface area contributed by atoms with Gasteiger partial charge in [-0.25, -0.2) is 8.42 Å². The molecule has 0 aromatic carbocycles. The highest BCUT2D eigenvalue weighted by Crippen LogP contribution is 2.24. The van der Waals surface area contributed by atoms with E-state index >= 15 is 0 Å². The van der Waals surface area contributed by atoms with Crippen LogP contribution in [0.5, 0.6) is 0 Å². The van der Waals surface area contributed by atoms with Crippen molar-refractivity contribution in [2.45, 2.75) is 18.6 Å². The van der Waals surface area contributed by atoms with Crippen molar-refractivity contribution in [3.8, 4) is 0 Å². The average Bonchev–Trinajstić information content (AvgIpc) is 2.70. The van der Waals surface area contributed by atoms with E-state index in [-0.39, 0.29) is 23.6 Å². The highest BCUT2D eigenvalue weighted by Gasteiger charge is 2.37. The predicted octanol–water partition coefficient (Wildman–Crippen LogP) is 0.958. The van der Waals surface area contributed by atoms with Crippen molar-refractivity contribution in [3.63, 3.8) is 0 Å². The van der Waals surface area contributed by atoms with Gasteiger partial charge >= 0.3 is 0 Å². The number of rotatable bonds is 3. The van der Waals surface area contributed by atoms with Crippen LogP contribution in [0.25, 0.3) is 0 Å². The van der Waals surface area contributed by atoms with Crippen molar-refractivity contribution in [1.82, 2.24) is 4.90 Å². The number of nitrogens with zero attached hydrogens (tertiary/aromatic N) is 1. The van der Waals surface area contributed by atoms with Gasteiger partial charge in [-0.15, -0.1) is 11.3 Å². The monoisotopic (exact) mass is 294 g/mol. The standard InChI is InChI=1S/C10H15ClN2O2S2/c1-13(4-7-2-3-10(11)16-7)9-6-17(14,15)5-8(9)12/h2-3,8-9H,4-6,12H2,1H3. The molecule has 1 fully saturated rings. The lowest BCUT2D eigenvalue weighted by Crippen LogP contribution is -2.44. The molecule has 0 saturated carbocycles. The van der Waals surface area contributed by atoms with E-state index in [1.54, 1.807) is 0 Å². The Labute approximate surface area is 110 Å². The van der Waals surface area contributed by atoms with Gasteiger partial charge in [-0.2, -0.15) is 0 Å². The fourth-order valence-corrected chi connectivity index (χ4v) is 5.23. The average molecular weight is 295 g/mol. The maximum atomic E-state index is 11.5. The second-order valence-corrected chi connectivity index (χ2v) is 8.38. The molecule has 0 aliphatic carbocycles. The second kappa shape index (κ2) is 4.85. The summed E-state index contributed by atoms with van der Waals surface area (Å²) in [5, 5.41) is 0. The Kier molecular flexibility index (Phi) is 3.80. The third-order valence-corrected chi connectivity index (χ3v) is 5.92. The third kappa shape index (κ3) is 3.20. The summed E-state index contributed by atoms with van der Waals surface area (Å²) in [5.74, 6) is 0.247. The third-order valence-electron chi connectivity index (χ3n) is 2.97. The number of hydrogen-bond donors (Lipinski definition) is 1.